The van der Waals surface area contributed by atoms with E-state index in [9.17, 15) is 9.00 Å². The molecule has 2 atom stereocenters. The summed E-state index contributed by atoms with van der Waals surface area (Å²) in [6, 6.07) is 8.13. The van der Waals surface area contributed by atoms with Crippen molar-refractivity contribution in [1.29, 1.82) is 0 Å². The van der Waals surface area contributed by atoms with E-state index in [-0.39, 0.29) is 12.1 Å². The van der Waals surface area contributed by atoms with Gasteiger partial charge in [-0.25, -0.2) is 4.79 Å². The van der Waals surface area contributed by atoms with Gasteiger partial charge in [0.05, 0.1) is 0 Å². The zero-order valence-electron chi connectivity index (χ0n) is 12.0. The van der Waals surface area contributed by atoms with Crippen LogP contribution < -0.4 is 10.6 Å². The number of nitrogens with one attached hydrogen (secondary N) is 2. The maximum Gasteiger partial charge on any atom is 0.315 e. The average Bonchev–Trinajstić information content (AvgIpc) is 3.20. The number of hydrogen-bond acceptors (Lipinski definition) is 2. The van der Waals surface area contributed by atoms with Crippen molar-refractivity contribution < 1.29 is 9.00 Å². The highest BCUT2D eigenvalue weighted by Crippen LogP contribution is 2.39. The molecule has 2 rings (SSSR count). The number of urea groups is 1. The highest BCUT2D eigenvalue weighted by molar-refractivity contribution is 7.84. The van der Waals surface area contributed by atoms with E-state index in [1.165, 1.54) is 18.4 Å². The molecular weight excluding hydrogens is 272 g/mol. The lowest BCUT2D eigenvalue weighted by Gasteiger charge is -2.13. The van der Waals surface area contributed by atoms with Crippen LogP contribution in [0, 0.1) is 0 Å². The van der Waals surface area contributed by atoms with Crippen molar-refractivity contribution in [3.8, 4) is 0 Å². The number of hydrogen-bond donors (Lipinski definition) is 2. The van der Waals surface area contributed by atoms with Crippen LogP contribution in [0.3, 0.4) is 0 Å². The second kappa shape index (κ2) is 6.88. The Morgan fingerprint density at radius 1 is 1.35 bits per heavy atom. The van der Waals surface area contributed by atoms with Gasteiger partial charge in [0.1, 0.15) is 0 Å². The van der Waals surface area contributed by atoms with Gasteiger partial charge in [-0.15, -0.1) is 0 Å². The fourth-order valence-corrected chi connectivity index (χ4v) is 2.96. The van der Waals surface area contributed by atoms with Gasteiger partial charge in [0.2, 0.25) is 0 Å². The van der Waals surface area contributed by atoms with Gasteiger partial charge < -0.3 is 10.6 Å². The molecule has 1 aliphatic carbocycles. The van der Waals surface area contributed by atoms with Crippen LogP contribution in [0.1, 0.15) is 36.8 Å². The summed E-state index contributed by atoms with van der Waals surface area (Å²) >= 11 is 0. The topological polar surface area (TPSA) is 58.2 Å². The molecule has 4 nitrogen and oxygen atoms in total. The molecule has 0 aliphatic heterocycles. The van der Waals surface area contributed by atoms with Crippen molar-refractivity contribution in [1.82, 2.24) is 10.6 Å². The maximum absolute atomic E-state index is 11.7. The highest BCUT2D eigenvalue weighted by atomic mass is 32.2. The number of amides is 2. The lowest BCUT2D eigenvalue weighted by molar-refractivity contribution is 0.238. The zero-order chi connectivity index (χ0) is 14.5. The Labute approximate surface area is 122 Å². The molecule has 2 amide bonds. The third-order valence-corrected chi connectivity index (χ3v) is 4.31. The molecule has 5 heteroatoms. The first-order chi connectivity index (χ1) is 9.54. The first kappa shape index (κ1) is 15.0. The molecule has 20 heavy (non-hydrogen) atoms. The number of benzene rings is 1. The predicted molar refractivity (Wildman–Crippen MR) is 82.2 cm³/mol. The van der Waals surface area contributed by atoms with E-state index in [0.717, 1.165) is 11.5 Å². The Morgan fingerprint density at radius 3 is 2.55 bits per heavy atom. The van der Waals surface area contributed by atoms with Crippen molar-refractivity contribution in [3.63, 3.8) is 0 Å². The highest BCUT2D eigenvalue weighted by Gasteiger charge is 2.22. The van der Waals surface area contributed by atoms with Crippen LogP contribution in [0.15, 0.2) is 24.3 Å². The summed E-state index contributed by atoms with van der Waals surface area (Å²) in [6.45, 7) is 2.37. The molecule has 1 aromatic rings. The smallest absolute Gasteiger partial charge is 0.315 e. The lowest BCUT2D eigenvalue weighted by atomic mass is 10.1. The minimum atomic E-state index is -0.896. The monoisotopic (exact) mass is 294 g/mol. The Balaban J connectivity index is 1.73. The lowest BCUT2D eigenvalue weighted by Crippen LogP contribution is -2.42. The molecule has 0 heterocycles. The Morgan fingerprint density at radius 2 is 2.00 bits per heavy atom. The molecule has 0 radical (unpaired) electrons. The summed E-state index contributed by atoms with van der Waals surface area (Å²) in [6.07, 6.45) is 4.24. The van der Waals surface area contributed by atoms with Crippen LogP contribution in [0.2, 0.25) is 0 Å². The number of carbonyl (C=O) groups excluding carboxylic acids is 1. The van der Waals surface area contributed by atoms with Gasteiger partial charge in [-0.2, -0.15) is 0 Å². The molecule has 1 aromatic carbocycles. The van der Waals surface area contributed by atoms with Crippen LogP contribution in [0.4, 0.5) is 4.79 Å². The SMILES string of the molecule is C[C@@H](C[S@](C)=O)NC(=O)NCc1ccc(C2CC2)cc1. The van der Waals surface area contributed by atoms with Crippen molar-refractivity contribution >= 4 is 16.8 Å². The summed E-state index contributed by atoms with van der Waals surface area (Å²) in [4.78, 5) is 11.7. The van der Waals surface area contributed by atoms with Gasteiger partial charge in [0, 0.05) is 35.4 Å². The second-order valence-corrected chi connectivity index (χ2v) is 6.96. The van der Waals surface area contributed by atoms with Gasteiger partial charge in [0.25, 0.3) is 0 Å². The fourth-order valence-electron chi connectivity index (χ4n) is 2.18. The summed E-state index contributed by atoms with van der Waals surface area (Å²) in [5.41, 5.74) is 2.49. The maximum atomic E-state index is 11.7. The van der Waals surface area contributed by atoms with Crippen LogP contribution >= 0.6 is 0 Å². The third-order valence-electron chi connectivity index (χ3n) is 3.34. The van der Waals surface area contributed by atoms with Gasteiger partial charge in [-0.1, -0.05) is 24.3 Å². The molecule has 0 bridgehead atoms. The molecule has 2 N–H and O–H groups in total. The van der Waals surface area contributed by atoms with Crippen LogP contribution in [-0.2, 0) is 17.3 Å². The largest absolute Gasteiger partial charge is 0.335 e. The third kappa shape index (κ3) is 4.96. The molecule has 0 spiro atoms. The average molecular weight is 294 g/mol. The van der Waals surface area contributed by atoms with E-state index >= 15 is 0 Å². The van der Waals surface area contributed by atoms with Gasteiger partial charge in [-0.05, 0) is 36.8 Å². The fraction of sp³-hybridized carbons (Fsp3) is 0.533. The Bertz CT molecular complexity index is 483. The van der Waals surface area contributed by atoms with Crippen molar-refractivity contribution in [2.45, 2.75) is 38.3 Å². The van der Waals surface area contributed by atoms with E-state index in [2.05, 4.69) is 34.9 Å². The molecule has 1 aliphatic rings. The summed E-state index contributed by atoms with van der Waals surface area (Å²) in [7, 11) is -0.896. The van der Waals surface area contributed by atoms with Gasteiger partial charge >= 0.3 is 6.03 Å². The Hall–Kier alpha value is -1.36. The minimum absolute atomic E-state index is 0.0851. The number of carbonyl (C=O) groups is 1. The predicted octanol–water partition coefficient (Wildman–Crippen LogP) is 2.13. The molecule has 0 unspecified atom stereocenters. The molecule has 0 aromatic heterocycles. The van der Waals surface area contributed by atoms with Crippen LogP contribution in [0.5, 0.6) is 0 Å². The summed E-state index contributed by atoms with van der Waals surface area (Å²) in [5.74, 6) is 1.24. The van der Waals surface area contributed by atoms with Crippen molar-refractivity contribution in [2.24, 2.45) is 0 Å². The molecule has 110 valence electrons. The summed E-state index contributed by atoms with van der Waals surface area (Å²) < 4.78 is 11.0. The summed E-state index contributed by atoms with van der Waals surface area (Å²) in [5, 5.41) is 5.60. The first-order valence-corrected chi connectivity index (χ1v) is 8.70. The van der Waals surface area contributed by atoms with Crippen LogP contribution in [0.25, 0.3) is 0 Å². The molecule has 1 fully saturated rings. The number of rotatable bonds is 6. The Kier molecular flexibility index (Phi) is 5.17. The van der Waals surface area contributed by atoms with Crippen molar-refractivity contribution in [2.75, 3.05) is 12.0 Å². The molecule has 0 saturated heterocycles. The van der Waals surface area contributed by atoms with Crippen LogP contribution in [-0.4, -0.2) is 28.3 Å². The van der Waals surface area contributed by atoms with E-state index in [4.69, 9.17) is 0 Å². The van der Waals surface area contributed by atoms with Gasteiger partial charge in [-0.3, -0.25) is 4.21 Å². The van der Waals surface area contributed by atoms with E-state index in [1.807, 2.05) is 6.92 Å². The molecular formula is C15H22N2O2S. The minimum Gasteiger partial charge on any atom is -0.335 e. The zero-order valence-corrected chi connectivity index (χ0v) is 12.8. The van der Waals surface area contributed by atoms with Crippen molar-refractivity contribution in [3.05, 3.63) is 35.4 Å². The second-order valence-electron chi connectivity index (χ2n) is 5.48. The molecule has 1 saturated carbocycles. The van der Waals surface area contributed by atoms with E-state index in [0.29, 0.717) is 12.3 Å². The standard InChI is InChI=1S/C15H22N2O2S/c1-11(10-20(2)19)17-15(18)16-9-12-3-5-13(6-4-12)14-7-8-14/h3-6,11,14H,7-10H2,1-2H3,(H2,16,17,18)/t11-,20-/m0/s1. The quantitative estimate of drug-likeness (QED) is 0.844. The normalized spacial score (nSPS) is 17.3. The van der Waals surface area contributed by atoms with E-state index < -0.39 is 10.8 Å². The van der Waals surface area contributed by atoms with E-state index in [1.54, 1.807) is 6.26 Å². The first-order valence-electron chi connectivity index (χ1n) is 6.98. The van der Waals surface area contributed by atoms with Gasteiger partial charge in [0.15, 0.2) is 0 Å².